The van der Waals surface area contributed by atoms with Gasteiger partial charge in [0.1, 0.15) is 11.9 Å². The Kier molecular flexibility index (Phi) is 7.82. The summed E-state index contributed by atoms with van der Waals surface area (Å²) in [6, 6.07) is 15.1. The number of nitrogens with zero attached hydrogens (tertiary/aromatic N) is 4. The first-order chi connectivity index (χ1) is 17.5. The maximum atomic E-state index is 13.0. The number of benzene rings is 2. The molecule has 1 saturated heterocycles. The van der Waals surface area contributed by atoms with Crippen LogP contribution >= 0.6 is 34.5 Å². The minimum Gasteiger partial charge on any atom is -0.490 e. The Morgan fingerprint density at radius 1 is 1.11 bits per heavy atom. The molecule has 1 aliphatic rings. The molecule has 3 heterocycles. The minimum atomic E-state index is 0.0431. The molecule has 0 aliphatic carbocycles. The molecule has 0 saturated carbocycles. The monoisotopic (exact) mass is 542 g/mol. The first kappa shape index (κ1) is 25.1. The number of likely N-dealkylation sites (tertiary alicyclic amines) is 1. The highest BCUT2D eigenvalue weighted by Crippen LogP contribution is 2.29. The summed E-state index contributed by atoms with van der Waals surface area (Å²) >= 11 is 13.7. The summed E-state index contributed by atoms with van der Waals surface area (Å²) in [6.07, 6.45) is 7.00. The van der Waals surface area contributed by atoms with Crippen LogP contribution in [0.1, 0.15) is 29.6 Å². The van der Waals surface area contributed by atoms with Crippen molar-refractivity contribution >= 4 is 50.7 Å². The van der Waals surface area contributed by atoms with Gasteiger partial charge in [-0.25, -0.2) is 4.98 Å². The van der Waals surface area contributed by atoms with Gasteiger partial charge in [0, 0.05) is 50.7 Å². The fraction of sp³-hybridized carbons (Fsp3) is 0.333. The summed E-state index contributed by atoms with van der Waals surface area (Å²) in [7, 11) is 1.88. The Balaban J connectivity index is 1.08. The third-order valence-electron chi connectivity index (χ3n) is 6.49. The van der Waals surface area contributed by atoms with Crippen molar-refractivity contribution < 1.29 is 9.53 Å². The Bertz CT molecular complexity index is 1330. The first-order valence-corrected chi connectivity index (χ1v) is 13.7. The van der Waals surface area contributed by atoms with Gasteiger partial charge in [-0.2, -0.15) is 0 Å². The highest BCUT2D eigenvalue weighted by atomic mass is 35.5. The predicted molar refractivity (Wildman–Crippen MR) is 147 cm³/mol. The van der Waals surface area contributed by atoms with Gasteiger partial charge in [0.2, 0.25) is 0 Å². The summed E-state index contributed by atoms with van der Waals surface area (Å²) in [4.78, 5) is 22.0. The van der Waals surface area contributed by atoms with E-state index in [1.807, 2.05) is 65.3 Å². The number of rotatable bonds is 8. The van der Waals surface area contributed by atoms with Crippen molar-refractivity contribution in [2.45, 2.75) is 25.4 Å². The number of hydrogen-bond acceptors (Lipinski definition) is 5. The van der Waals surface area contributed by atoms with Crippen molar-refractivity contribution in [3.05, 3.63) is 76.5 Å². The lowest BCUT2D eigenvalue weighted by Gasteiger charge is -2.32. The highest BCUT2D eigenvalue weighted by molar-refractivity contribution is 7.20. The summed E-state index contributed by atoms with van der Waals surface area (Å²) < 4.78 is 9.09. The van der Waals surface area contributed by atoms with Crippen molar-refractivity contribution in [2.75, 3.05) is 33.2 Å². The largest absolute Gasteiger partial charge is 0.490 e. The van der Waals surface area contributed by atoms with Crippen LogP contribution in [0, 0.1) is 0 Å². The highest BCUT2D eigenvalue weighted by Gasteiger charge is 2.21. The zero-order valence-electron chi connectivity index (χ0n) is 20.1. The van der Waals surface area contributed by atoms with Crippen LogP contribution in [0.3, 0.4) is 0 Å². The van der Waals surface area contributed by atoms with E-state index in [1.54, 1.807) is 23.5 Å². The van der Waals surface area contributed by atoms with Crippen molar-refractivity contribution in [2.24, 2.45) is 0 Å². The molecular weight excluding hydrogens is 515 g/mol. The van der Waals surface area contributed by atoms with Crippen LogP contribution in [0.15, 0.2) is 60.9 Å². The van der Waals surface area contributed by atoms with Crippen molar-refractivity contribution in [1.29, 1.82) is 0 Å². The molecule has 188 valence electrons. The molecule has 0 spiro atoms. The quantitative estimate of drug-likeness (QED) is 0.258. The summed E-state index contributed by atoms with van der Waals surface area (Å²) in [5.74, 6) is 0.807. The van der Waals surface area contributed by atoms with E-state index >= 15 is 0 Å². The molecule has 0 atom stereocenters. The first-order valence-electron chi connectivity index (χ1n) is 12.1. The van der Waals surface area contributed by atoms with Crippen LogP contribution in [0.4, 0.5) is 0 Å². The number of thiazole rings is 1. The fourth-order valence-corrected chi connectivity index (χ4v) is 5.72. The molecule has 0 unspecified atom stereocenters. The number of piperidine rings is 1. The number of halogens is 2. The minimum absolute atomic E-state index is 0.0431. The van der Waals surface area contributed by atoms with E-state index in [0.717, 1.165) is 60.0 Å². The number of carbonyl (C=O) groups is 1. The van der Waals surface area contributed by atoms with Crippen LogP contribution in [0.5, 0.6) is 5.75 Å². The maximum absolute atomic E-state index is 13.0. The van der Waals surface area contributed by atoms with Crippen molar-refractivity contribution in [3.63, 3.8) is 0 Å². The van der Waals surface area contributed by atoms with E-state index in [9.17, 15) is 4.79 Å². The SMILES string of the molecule is CN(CCCN1CCC(Oc2ccc(Cl)c(Cl)c2)CC1)C(=O)c1ccc2nc(-n3cccc3)sc2c1. The number of aromatic nitrogens is 2. The molecule has 0 radical (unpaired) electrons. The Morgan fingerprint density at radius 3 is 2.64 bits per heavy atom. The predicted octanol–water partition coefficient (Wildman–Crippen LogP) is 6.40. The number of fused-ring (bicyclic) bond motifs is 1. The number of hydrogen-bond donors (Lipinski definition) is 0. The molecule has 36 heavy (non-hydrogen) atoms. The van der Waals surface area contributed by atoms with E-state index < -0.39 is 0 Å². The molecular formula is C27H28Cl2N4O2S. The zero-order chi connectivity index (χ0) is 25.1. The molecule has 9 heteroatoms. The van der Waals surface area contributed by atoms with Crippen LogP contribution in [-0.2, 0) is 0 Å². The van der Waals surface area contributed by atoms with Crippen LogP contribution in [-0.4, -0.2) is 64.6 Å². The van der Waals surface area contributed by atoms with Crippen molar-refractivity contribution in [3.8, 4) is 10.9 Å². The van der Waals surface area contributed by atoms with E-state index in [1.165, 1.54) is 0 Å². The smallest absolute Gasteiger partial charge is 0.253 e. The number of carbonyl (C=O) groups excluding carboxylic acids is 1. The van der Waals surface area contributed by atoms with Gasteiger partial charge in [-0.15, -0.1) is 0 Å². The molecule has 0 N–H and O–H groups in total. The molecule has 1 fully saturated rings. The molecule has 1 aliphatic heterocycles. The normalized spacial score (nSPS) is 14.9. The molecule has 5 rings (SSSR count). The van der Waals surface area contributed by atoms with Gasteiger partial charge >= 0.3 is 0 Å². The van der Waals surface area contributed by atoms with Gasteiger partial charge in [-0.3, -0.25) is 4.79 Å². The lowest BCUT2D eigenvalue weighted by molar-refractivity contribution is 0.0772. The molecule has 4 aromatic rings. The fourth-order valence-electron chi connectivity index (χ4n) is 4.46. The Labute approximate surface area is 225 Å². The van der Waals surface area contributed by atoms with E-state index in [0.29, 0.717) is 22.2 Å². The summed E-state index contributed by atoms with van der Waals surface area (Å²) in [6.45, 7) is 3.64. The van der Waals surface area contributed by atoms with E-state index in [2.05, 4.69) is 9.88 Å². The molecule has 6 nitrogen and oxygen atoms in total. The zero-order valence-corrected chi connectivity index (χ0v) is 22.4. The lowest BCUT2D eigenvalue weighted by Crippen LogP contribution is -2.39. The van der Waals surface area contributed by atoms with Crippen LogP contribution < -0.4 is 4.74 Å². The second-order valence-corrected chi connectivity index (χ2v) is 10.9. The standard InChI is InChI=1S/C27H28Cl2N4O2S/c1-31(26(34)19-5-8-24-25(17-19)36-27(30-24)33-13-2-3-14-33)11-4-12-32-15-9-20(10-16-32)35-21-6-7-22(28)23(29)18-21/h2-3,5-8,13-14,17-18,20H,4,9-12,15-16H2,1H3. The van der Waals surface area contributed by atoms with Gasteiger partial charge in [-0.05, 0) is 68.3 Å². The summed E-state index contributed by atoms with van der Waals surface area (Å²) in [5.41, 5.74) is 1.61. The van der Waals surface area contributed by atoms with Gasteiger partial charge in [0.15, 0.2) is 5.13 Å². The number of ether oxygens (including phenoxy) is 1. The topological polar surface area (TPSA) is 50.6 Å². The second kappa shape index (κ2) is 11.2. The van der Waals surface area contributed by atoms with Gasteiger partial charge in [-0.1, -0.05) is 34.5 Å². The third kappa shape index (κ3) is 5.86. The van der Waals surface area contributed by atoms with Crippen LogP contribution in [0.2, 0.25) is 10.0 Å². The van der Waals surface area contributed by atoms with Crippen LogP contribution in [0.25, 0.3) is 15.3 Å². The Morgan fingerprint density at radius 2 is 1.89 bits per heavy atom. The molecule has 1 amide bonds. The lowest BCUT2D eigenvalue weighted by atomic mass is 10.1. The Hall–Kier alpha value is -2.58. The van der Waals surface area contributed by atoms with Crippen molar-refractivity contribution in [1.82, 2.24) is 19.4 Å². The second-order valence-electron chi connectivity index (χ2n) is 9.08. The van der Waals surface area contributed by atoms with Gasteiger partial charge in [0.25, 0.3) is 5.91 Å². The molecule has 0 bridgehead atoms. The molecule has 2 aromatic heterocycles. The summed E-state index contributed by atoms with van der Waals surface area (Å²) in [5, 5.41) is 1.95. The van der Waals surface area contributed by atoms with E-state index in [4.69, 9.17) is 27.9 Å². The van der Waals surface area contributed by atoms with E-state index in [-0.39, 0.29) is 12.0 Å². The van der Waals surface area contributed by atoms with Gasteiger partial charge in [0.05, 0.1) is 20.3 Å². The number of amides is 1. The van der Waals surface area contributed by atoms with Gasteiger partial charge < -0.3 is 19.1 Å². The average Bonchev–Trinajstić information content (AvgIpc) is 3.56. The molecule has 2 aromatic carbocycles. The maximum Gasteiger partial charge on any atom is 0.253 e. The average molecular weight is 544 g/mol. The third-order valence-corrected chi connectivity index (χ3v) is 8.26.